The number of hydrogen-bond acceptors (Lipinski definition) is 5. The Morgan fingerprint density at radius 1 is 1.47 bits per heavy atom. The van der Waals surface area contributed by atoms with E-state index in [1.54, 1.807) is 7.11 Å². The van der Waals surface area contributed by atoms with Crippen LogP contribution < -0.4 is 5.32 Å². The second-order valence-electron chi connectivity index (χ2n) is 4.53. The van der Waals surface area contributed by atoms with Crippen LogP contribution in [0.1, 0.15) is 19.8 Å². The molecule has 1 heterocycles. The highest BCUT2D eigenvalue weighted by molar-refractivity contribution is 4.75. The molecule has 0 radical (unpaired) electrons. The molecule has 1 rings (SSSR count). The highest BCUT2D eigenvalue weighted by atomic mass is 16.5. The first-order valence-electron chi connectivity index (χ1n) is 6.32. The molecule has 0 aromatic rings. The lowest BCUT2D eigenvalue weighted by atomic mass is 10.0. The number of nitrogens with one attached hydrogen (secondary N) is 1. The molecule has 5 heteroatoms. The molecule has 0 bridgehead atoms. The maximum absolute atomic E-state index is 9.69. The molecule has 102 valence electrons. The van der Waals surface area contributed by atoms with Gasteiger partial charge >= 0.3 is 0 Å². The molecular formula is C12H25NO4. The van der Waals surface area contributed by atoms with Crippen LogP contribution >= 0.6 is 0 Å². The quantitative estimate of drug-likeness (QED) is 0.599. The molecule has 3 atom stereocenters. The molecule has 3 unspecified atom stereocenters. The first-order valence-corrected chi connectivity index (χ1v) is 6.32. The summed E-state index contributed by atoms with van der Waals surface area (Å²) in [6.45, 7) is 4.91. The highest BCUT2D eigenvalue weighted by Gasteiger charge is 2.19. The normalized spacial score (nSPS) is 27.0. The predicted molar refractivity (Wildman–Crippen MR) is 65.1 cm³/mol. The standard InChI is InChI=1S/C12H25NO4/c1-10-7-11(3-4-17-10)13-8-12(14)9-16-6-5-15-2/h10-14H,3-9H2,1-2H3. The largest absolute Gasteiger partial charge is 0.389 e. The van der Waals surface area contributed by atoms with E-state index in [0.717, 1.165) is 19.4 Å². The third-order valence-corrected chi connectivity index (χ3v) is 2.87. The Morgan fingerprint density at radius 2 is 2.29 bits per heavy atom. The summed E-state index contributed by atoms with van der Waals surface area (Å²) in [6.07, 6.45) is 1.89. The van der Waals surface area contributed by atoms with E-state index < -0.39 is 6.10 Å². The molecule has 0 aromatic heterocycles. The maximum Gasteiger partial charge on any atom is 0.0897 e. The number of ether oxygens (including phenoxy) is 3. The topological polar surface area (TPSA) is 60.0 Å². The van der Waals surface area contributed by atoms with Crippen LogP contribution in [0.5, 0.6) is 0 Å². The van der Waals surface area contributed by atoms with Crippen LogP contribution in [0.15, 0.2) is 0 Å². The minimum atomic E-state index is -0.454. The Labute approximate surface area is 103 Å². The van der Waals surface area contributed by atoms with Crippen LogP contribution in [0, 0.1) is 0 Å². The van der Waals surface area contributed by atoms with Crippen molar-refractivity contribution in [3.8, 4) is 0 Å². The smallest absolute Gasteiger partial charge is 0.0897 e. The number of aliphatic hydroxyl groups excluding tert-OH is 1. The van der Waals surface area contributed by atoms with Crippen LogP contribution in [-0.4, -0.2) is 63.4 Å². The van der Waals surface area contributed by atoms with Gasteiger partial charge in [-0.3, -0.25) is 0 Å². The molecular weight excluding hydrogens is 222 g/mol. The summed E-state index contributed by atoms with van der Waals surface area (Å²) in [5.74, 6) is 0. The fourth-order valence-corrected chi connectivity index (χ4v) is 1.91. The number of aliphatic hydroxyl groups is 1. The monoisotopic (exact) mass is 247 g/mol. The fourth-order valence-electron chi connectivity index (χ4n) is 1.91. The zero-order chi connectivity index (χ0) is 12.5. The number of rotatable bonds is 8. The van der Waals surface area contributed by atoms with E-state index in [2.05, 4.69) is 12.2 Å². The molecule has 17 heavy (non-hydrogen) atoms. The Morgan fingerprint density at radius 3 is 3.00 bits per heavy atom. The zero-order valence-electron chi connectivity index (χ0n) is 10.9. The van der Waals surface area contributed by atoms with Gasteiger partial charge in [0.15, 0.2) is 0 Å². The zero-order valence-corrected chi connectivity index (χ0v) is 10.9. The van der Waals surface area contributed by atoms with Gasteiger partial charge < -0.3 is 24.6 Å². The van der Waals surface area contributed by atoms with Crippen molar-refractivity contribution < 1.29 is 19.3 Å². The van der Waals surface area contributed by atoms with E-state index >= 15 is 0 Å². The summed E-state index contributed by atoms with van der Waals surface area (Å²) in [6, 6.07) is 0.451. The van der Waals surface area contributed by atoms with Crippen LogP contribution in [-0.2, 0) is 14.2 Å². The van der Waals surface area contributed by atoms with Gasteiger partial charge in [0, 0.05) is 26.3 Å². The van der Waals surface area contributed by atoms with E-state index in [1.165, 1.54) is 0 Å². The molecule has 0 aromatic carbocycles. The van der Waals surface area contributed by atoms with Gasteiger partial charge in [0.1, 0.15) is 0 Å². The first-order chi connectivity index (χ1) is 8.22. The molecule has 0 spiro atoms. The first kappa shape index (κ1) is 14.9. The highest BCUT2D eigenvalue weighted by Crippen LogP contribution is 2.12. The molecule has 2 N–H and O–H groups in total. The van der Waals surface area contributed by atoms with E-state index in [-0.39, 0.29) is 0 Å². The van der Waals surface area contributed by atoms with Gasteiger partial charge in [-0.1, -0.05) is 0 Å². The van der Waals surface area contributed by atoms with E-state index in [4.69, 9.17) is 14.2 Å². The van der Waals surface area contributed by atoms with Crippen LogP contribution in [0.2, 0.25) is 0 Å². The summed E-state index contributed by atoms with van der Waals surface area (Å²) in [5.41, 5.74) is 0. The van der Waals surface area contributed by atoms with Crippen molar-refractivity contribution in [2.75, 3.05) is 40.1 Å². The van der Waals surface area contributed by atoms with E-state index in [9.17, 15) is 5.11 Å². The molecule has 0 amide bonds. The number of methoxy groups -OCH3 is 1. The van der Waals surface area contributed by atoms with Crippen molar-refractivity contribution in [1.82, 2.24) is 5.32 Å². The van der Waals surface area contributed by atoms with Gasteiger partial charge in [-0.2, -0.15) is 0 Å². The summed E-state index contributed by atoms with van der Waals surface area (Å²) in [7, 11) is 1.63. The van der Waals surface area contributed by atoms with Crippen molar-refractivity contribution in [2.24, 2.45) is 0 Å². The summed E-state index contributed by atoms with van der Waals surface area (Å²) >= 11 is 0. The SMILES string of the molecule is COCCOCC(O)CNC1CCOC(C)C1. The predicted octanol–water partition coefficient (Wildman–Crippen LogP) is 0.167. The fraction of sp³-hybridized carbons (Fsp3) is 1.00. The lowest BCUT2D eigenvalue weighted by Crippen LogP contribution is -2.42. The van der Waals surface area contributed by atoms with Crippen molar-refractivity contribution in [3.63, 3.8) is 0 Å². The van der Waals surface area contributed by atoms with E-state index in [0.29, 0.717) is 38.5 Å². The molecule has 1 aliphatic rings. The minimum absolute atomic E-state index is 0.316. The van der Waals surface area contributed by atoms with Crippen LogP contribution in [0.3, 0.4) is 0 Å². The second-order valence-corrected chi connectivity index (χ2v) is 4.53. The van der Waals surface area contributed by atoms with Crippen molar-refractivity contribution >= 4 is 0 Å². The van der Waals surface area contributed by atoms with Crippen LogP contribution in [0.25, 0.3) is 0 Å². The molecule has 1 aliphatic heterocycles. The van der Waals surface area contributed by atoms with Gasteiger partial charge in [0.2, 0.25) is 0 Å². The average molecular weight is 247 g/mol. The molecule has 0 aliphatic carbocycles. The lowest BCUT2D eigenvalue weighted by Gasteiger charge is -2.28. The van der Waals surface area contributed by atoms with Gasteiger partial charge in [-0.15, -0.1) is 0 Å². The van der Waals surface area contributed by atoms with Gasteiger partial charge in [0.05, 0.1) is 32.0 Å². The third-order valence-electron chi connectivity index (χ3n) is 2.87. The molecule has 5 nitrogen and oxygen atoms in total. The second kappa shape index (κ2) is 8.83. The third kappa shape index (κ3) is 6.95. The summed E-state index contributed by atoms with van der Waals surface area (Å²) in [5, 5.41) is 13.0. The summed E-state index contributed by atoms with van der Waals surface area (Å²) < 4.78 is 15.6. The molecule has 0 saturated carbocycles. The maximum atomic E-state index is 9.69. The van der Waals surface area contributed by atoms with Crippen molar-refractivity contribution in [3.05, 3.63) is 0 Å². The van der Waals surface area contributed by atoms with Crippen LogP contribution in [0.4, 0.5) is 0 Å². The Balaban J connectivity index is 2.00. The van der Waals surface area contributed by atoms with Gasteiger partial charge in [0.25, 0.3) is 0 Å². The minimum Gasteiger partial charge on any atom is -0.389 e. The number of hydrogen-bond donors (Lipinski definition) is 2. The Hall–Kier alpha value is -0.200. The van der Waals surface area contributed by atoms with Crippen molar-refractivity contribution in [1.29, 1.82) is 0 Å². The average Bonchev–Trinajstić information content (AvgIpc) is 2.32. The lowest BCUT2D eigenvalue weighted by molar-refractivity contribution is -0.00116. The molecule has 1 saturated heterocycles. The van der Waals surface area contributed by atoms with Gasteiger partial charge in [-0.25, -0.2) is 0 Å². The van der Waals surface area contributed by atoms with Gasteiger partial charge in [-0.05, 0) is 19.8 Å². The molecule has 1 fully saturated rings. The Kier molecular flexibility index (Phi) is 7.72. The Bertz CT molecular complexity index is 191. The van der Waals surface area contributed by atoms with Crippen molar-refractivity contribution in [2.45, 2.75) is 38.0 Å². The van der Waals surface area contributed by atoms with E-state index in [1.807, 2.05) is 0 Å². The summed E-state index contributed by atoms with van der Waals surface area (Å²) in [4.78, 5) is 0.